The molecule has 113 valence electrons. The Morgan fingerprint density at radius 3 is 2.73 bits per heavy atom. The van der Waals surface area contributed by atoms with E-state index in [0.29, 0.717) is 4.09 Å². The van der Waals surface area contributed by atoms with Gasteiger partial charge in [-0.15, -0.1) is 9.19 Å². The van der Waals surface area contributed by atoms with Gasteiger partial charge in [-0.1, -0.05) is 29.3 Å². The van der Waals surface area contributed by atoms with Crippen LogP contribution in [0.3, 0.4) is 0 Å². The molecule has 3 aromatic rings. The van der Waals surface area contributed by atoms with Gasteiger partial charge >= 0.3 is 10.3 Å². The Morgan fingerprint density at radius 1 is 1.23 bits per heavy atom. The van der Waals surface area contributed by atoms with Crippen LogP contribution in [0.5, 0.6) is 11.6 Å². The summed E-state index contributed by atoms with van der Waals surface area (Å²) in [6, 6.07) is 11.1. The van der Waals surface area contributed by atoms with Crippen molar-refractivity contribution >= 4 is 44.4 Å². The molecule has 0 bridgehead atoms. The van der Waals surface area contributed by atoms with Gasteiger partial charge in [-0.25, -0.2) is 0 Å². The summed E-state index contributed by atoms with van der Waals surface area (Å²) >= 11 is 11.6. The summed E-state index contributed by atoms with van der Waals surface area (Å²) < 4.78 is 30.2. The number of hydrogen-bond donors (Lipinski definition) is 1. The second-order valence-corrected chi connectivity index (χ2v) is 6.41. The molecular weight excluding hydrogens is 351 g/mol. The molecule has 1 N–H and O–H groups in total. The van der Waals surface area contributed by atoms with E-state index in [-0.39, 0.29) is 26.7 Å². The first-order valence-electron chi connectivity index (χ1n) is 5.86. The lowest BCUT2D eigenvalue weighted by Gasteiger charge is -2.08. The average molecular weight is 358 g/mol. The fourth-order valence-electron chi connectivity index (χ4n) is 1.82. The summed E-state index contributed by atoms with van der Waals surface area (Å²) in [7, 11) is -4.32. The standard InChI is InChI=1S/C13H7Cl2N2O4S/c14-10-6-5-8(7-11(10)15)21-22(19,20)17-12-4-2-1-3-9(12)13(18)16-17/h2-7H,(H,16,18). The van der Waals surface area contributed by atoms with Gasteiger partial charge in [0, 0.05) is 6.07 Å². The predicted octanol–water partition coefficient (Wildman–Crippen LogP) is 3.02. The zero-order chi connectivity index (χ0) is 15.9. The highest BCUT2D eigenvalue weighted by Crippen LogP contribution is 2.29. The average Bonchev–Trinajstić information content (AvgIpc) is 2.81. The Kier molecular flexibility index (Phi) is 3.64. The Morgan fingerprint density at radius 2 is 2.00 bits per heavy atom. The number of rotatable bonds is 3. The van der Waals surface area contributed by atoms with E-state index >= 15 is 0 Å². The molecule has 6 nitrogen and oxygen atoms in total. The summed E-state index contributed by atoms with van der Waals surface area (Å²) in [5, 5.41) is 13.9. The summed E-state index contributed by atoms with van der Waals surface area (Å²) in [6.45, 7) is 0. The third kappa shape index (κ3) is 2.58. The molecule has 22 heavy (non-hydrogen) atoms. The normalized spacial score (nSPS) is 11.7. The zero-order valence-corrected chi connectivity index (χ0v) is 13.0. The molecule has 0 spiro atoms. The van der Waals surface area contributed by atoms with Crippen molar-refractivity contribution in [3.05, 3.63) is 52.5 Å². The van der Waals surface area contributed by atoms with Gasteiger partial charge in [-0.2, -0.15) is 8.42 Å². The van der Waals surface area contributed by atoms with Gasteiger partial charge in [0.15, 0.2) is 0 Å². The molecule has 0 atom stereocenters. The van der Waals surface area contributed by atoms with Crippen molar-refractivity contribution in [2.24, 2.45) is 0 Å². The molecule has 0 fully saturated rings. The minimum atomic E-state index is -4.32. The van der Waals surface area contributed by atoms with Gasteiger partial charge in [0.2, 0.25) is 5.88 Å². The maximum atomic E-state index is 12.3. The molecule has 1 radical (unpaired) electrons. The minimum Gasteiger partial charge on any atom is -0.492 e. The van der Waals surface area contributed by atoms with Crippen LogP contribution in [0.2, 0.25) is 10.0 Å². The molecule has 1 heterocycles. The number of nitrogens with zero attached hydrogens (tertiary/aromatic N) is 2. The van der Waals surface area contributed by atoms with Crippen molar-refractivity contribution in [3.8, 4) is 11.6 Å². The van der Waals surface area contributed by atoms with Gasteiger partial charge in [0.25, 0.3) is 0 Å². The quantitative estimate of drug-likeness (QED) is 0.778. The Bertz CT molecular complexity index is 969. The van der Waals surface area contributed by atoms with Crippen molar-refractivity contribution in [1.29, 1.82) is 0 Å². The van der Waals surface area contributed by atoms with Gasteiger partial charge in [-0.3, -0.25) is 0 Å². The van der Waals surface area contributed by atoms with Crippen LogP contribution in [-0.2, 0) is 10.3 Å². The molecule has 0 aliphatic heterocycles. The monoisotopic (exact) mass is 357 g/mol. The van der Waals surface area contributed by atoms with E-state index in [2.05, 4.69) is 11.2 Å². The summed E-state index contributed by atoms with van der Waals surface area (Å²) in [4.78, 5) is 0. The maximum absolute atomic E-state index is 12.3. The van der Waals surface area contributed by atoms with Crippen LogP contribution in [0.25, 0.3) is 10.9 Å². The lowest BCUT2D eigenvalue weighted by molar-refractivity contribution is 0.441. The predicted molar refractivity (Wildman–Crippen MR) is 81.6 cm³/mol. The third-order valence-electron chi connectivity index (χ3n) is 2.78. The van der Waals surface area contributed by atoms with Gasteiger partial charge in [0.05, 0.1) is 20.9 Å². The number of benzene rings is 2. The summed E-state index contributed by atoms with van der Waals surface area (Å²) in [5.41, 5.74) is 0.163. The second kappa shape index (κ2) is 5.35. The van der Waals surface area contributed by atoms with Gasteiger partial charge in [-0.05, 0) is 30.3 Å². The van der Waals surface area contributed by atoms with Crippen molar-refractivity contribution in [2.75, 3.05) is 0 Å². The van der Waals surface area contributed by atoms with Gasteiger partial charge in [0.1, 0.15) is 5.75 Å². The van der Waals surface area contributed by atoms with Crippen molar-refractivity contribution in [1.82, 2.24) is 9.19 Å². The highest BCUT2D eigenvalue weighted by Gasteiger charge is 2.22. The third-order valence-corrected chi connectivity index (χ3v) is 4.62. The first kappa shape index (κ1) is 15.0. The number of halogens is 2. The van der Waals surface area contributed by atoms with Crippen LogP contribution in [0, 0.1) is 6.07 Å². The van der Waals surface area contributed by atoms with E-state index in [1.807, 2.05) is 0 Å². The molecule has 0 aliphatic carbocycles. The molecule has 0 unspecified atom stereocenters. The molecule has 3 rings (SSSR count). The van der Waals surface area contributed by atoms with Crippen LogP contribution < -0.4 is 4.18 Å². The second-order valence-electron chi connectivity index (χ2n) is 4.23. The smallest absolute Gasteiger partial charge is 0.429 e. The Labute approximate surface area is 135 Å². The molecule has 9 heteroatoms. The summed E-state index contributed by atoms with van der Waals surface area (Å²) in [6.07, 6.45) is 0. The van der Waals surface area contributed by atoms with Crippen molar-refractivity contribution in [3.63, 3.8) is 0 Å². The van der Waals surface area contributed by atoms with Crippen molar-refractivity contribution < 1.29 is 17.7 Å². The van der Waals surface area contributed by atoms with Crippen LogP contribution >= 0.6 is 23.2 Å². The SMILES string of the molecule is O=S(=O)(Oc1ccc(Cl)c(Cl)c1)n1nc(O)c2c[c]ccc21. The van der Waals surface area contributed by atoms with E-state index in [9.17, 15) is 13.5 Å². The highest BCUT2D eigenvalue weighted by molar-refractivity contribution is 7.85. The van der Waals surface area contributed by atoms with Crippen molar-refractivity contribution in [2.45, 2.75) is 0 Å². The molecule has 0 amide bonds. The van der Waals surface area contributed by atoms with E-state index in [1.165, 1.54) is 36.4 Å². The highest BCUT2D eigenvalue weighted by atomic mass is 35.5. The molecule has 0 saturated heterocycles. The fourth-order valence-corrected chi connectivity index (χ4v) is 3.10. The Balaban J connectivity index is 2.07. The first-order chi connectivity index (χ1) is 10.4. The topological polar surface area (TPSA) is 81.4 Å². The number of fused-ring (bicyclic) bond motifs is 1. The number of aromatic nitrogens is 2. The number of aromatic hydroxyl groups is 1. The van der Waals surface area contributed by atoms with Crippen LogP contribution in [0.15, 0.2) is 36.4 Å². The minimum absolute atomic E-state index is 0.0277. The van der Waals surface area contributed by atoms with Crippen LogP contribution in [0.1, 0.15) is 0 Å². The van der Waals surface area contributed by atoms with Crippen LogP contribution in [-0.4, -0.2) is 22.7 Å². The number of hydrogen-bond acceptors (Lipinski definition) is 5. The van der Waals surface area contributed by atoms with E-state index < -0.39 is 16.2 Å². The molecule has 0 aliphatic rings. The fraction of sp³-hybridized carbons (Fsp3) is 0. The van der Waals surface area contributed by atoms with Gasteiger partial charge < -0.3 is 9.29 Å². The Hall–Kier alpha value is -1.96. The maximum Gasteiger partial charge on any atom is 0.429 e. The molecule has 0 saturated carbocycles. The van der Waals surface area contributed by atoms with E-state index in [4.69, 9.17) is 27.4 Å². The van der Waals surface area contributed by atoms with Crippen LogP contribution in [0.4, 0.5) is 0 Å². The molecular formula is C13H7Cl2N2O4S. The van der Waals surface area contributed by atoms with E-state index in [0.717, 1.165) is 0 Å². The largest absolute Gasteiger partial charge is 0.492 e. The van der Waals surface area contributed by atoms with E-state index in [1.54, 1.807) is 0 Å². The summed E-state index contributed by atoms with van der Waals surface area (Å²) in [5.74, 6) is -0.465. The molecule has 1 aromatic heterocycles. The first-order valence-corrected chi connectivity index (χ1v) is 7.98. The lowest BCUT2D eigenvalue weighted by Crippen LogP contribution is -2.20. The zero-order valence-electron chi connectivity index (χ0n) is 10.7. The lowest BCUT2D eigenvalue weighted by atomic mass is 10.2. The molecule has 2 aromatic carbocycles.